The molecule has 3 rings (SSSR count). The molecule has 2 heterocycles. The van der Waals surface area contributed by atoms with Crippen molar-refractivity contribution in [2.75, 3.05) is 0 Å². The van der Waals surface area contributed by atoms with Crippen LogP contribution in [0.1, 0.15) is 25.3 Å². The molecule has 0 radical (unpaired) electrons. The van der Waals surface area contributed by atoms with Crippen LogP contribution in [-0.2, 0) is 7.05 Å². The fourth-order valence-corrected chi connectivity index (χ4v) is 2.33. The van der Waals surface area contributed by atoms with Crippen molar-refractivity contribution in [2.24, 2.45) is 7.05 Å². The minimum Gasteiger partial charge on any atom is -0.267 e. The van der Waals surface area contributed by atoms with Gasteiger partial charge in [0.1, 0.15) is 5.69 Å². The van der Waals surface area contributed by atoms with Crippen molar-refractivity contribution >= 4 is 10.9 Å². The fraction of sp³-hybridized carbons (Fsp3) is 0.250. The predicted molar refractivity (Wildman–Crippen MR) is 78.0 cm³/mol. The lowest BCUT2D eigenvalue weighted by atomic mass is 10.0. The molecule has 0 aliphatic rings. The van der Waals surface area contributed by atoms with Crippen LogP contribution in [0.4, 0.5) is 0 Å². The predicted octanol–water partition coefficient (Wildman–Crippen LogP) is 3.76. The van der Waals surface area contributed by atoms with Gasteiger partial charge in [-0.2, -0.15) is 5.10 Å². The standard InChI is InChI=1S/C16H17N3/c1-11(2)12-7-8-15-13(10-12)16(18-19(15)3)14-6-4-5-9-17-14/h4-11H,1-3H3. The molecular formula is C16H17N3. The molecule has 0 saturated heterocycles. The molecule has 0 spiro atoms. The van der Waals surface area contributed by atoms with Crippen LogP contribution >= 0.6 is 0 Å². The van der Waals surface area contributed by atoms with Gasteiger partial charge in [-0.05, 0) is 35.7 Å². The van der Waals surface area contributed by atoms with Crippen LogP contribution in [0.25, 0.3) is 22.3 Å². The quantitative estimate of drug-likeness (QED) is 0.694. The molecule has 0 bridgehead atoms. The van der Waals surface area contributed by atoms with Crippen LogP contribution in [0.3, 0.4) is 0 Å². The second kappa shape index (κ2) is 4.50. The maximum absolute atomic E-state index is 4.61. The summed E-state index contributed by atoms with van der Waals surface area (Å²) < 4.78 is 1.92. The first-order valence-corrected chi connectivity index (χ1v) is 6.55. The third-order valence-electron chi connectivity index (χ3n) is 3.45. The SMILES string of the molecule is CC(C)c1ccc2c(c1)c(-c1ccccn1)nn2C. The van der Waals surface area contributed by atoms with Gasteiger partial charge in [-0.3, -0.25) is 9.67 Å². The maximum atomic E-state index is 4.61. The fourth-order valence-electron chi connectivity index (χ4n) is 2.33. The van der Waals surface area contributed by atoms with Crippen LogP contribution in [0.5, 0.6) is 0 Å². The van der Waals surface area contributed by atoms with Gasteiger partial charge in [0.15, 0.2) is 0 Å². The van der Waals surface area contributed by atoms with Gasteiger partial charge >= 0.3 is 0 Å². The Morgan fingerprint density at radius 2 is 1.95 bits per heavy atom. The molecule has 3 nitrogen and oxygen atoms in total. The number of hydrogen-bond donors (Lipinski definition) is 0. The smallest absolute Gasteiger partial charge is 0.119 e. The van der Waals surface area contributed by atoms with E-state index < -0.39 is 0 Å². The molecular weight excluding hydrogens is 234 g/mol. The number of rotatable bonds is 2. The Hall–Kier alpha value is -2.16. The van der Waals surface area contributed by atoms with Gasteiger partial charge in [0.2, 0.25) is 0 Å². The number of aryl methyl sites for hydroxylation is 1. The minimum atomic E-state index is 0.515. The molecule has 0 atom stereocenters. The van der Waals surface area contributed by atoms with E-state index in [1.165, 1.54) is 10.9 Å². The van der Waals surface area contributed by atoms with E-state index >= 15 is 0 Å². The van der Waals surface area contributed by atoms with Crippen molar-refractivity contribution in [2.45, 2.75) is 19.8 Å². The van der Waals surface area contributed by atoms with Crippen molar-refractivity contribution < 1.29 is 0 Å². The Balaban J connectivity index is 2.27. The Bertz CT molecular complexity index is 711. The van der Waals surface area contributed by atoms with E-state index in [0.29, 0.717) is 5.92 Å². The summed E-state index contributed by atoms with van der Waals surface area (Å²) in [6.45, 7) is 4.41. The van der Waals surface area contributed by atoms with Crippen molar-refractivity contribution in [3.05, 3.63) is 48.2 Å². The molecule has 0 N–H and O–H groups in total. The zero-order valence-corrected chi connectivity index (χ0v) is 11.5. The first kappa shape index (κ1) is 11.9. The van der Waals surface area contributed by atoms with Crippen molar-refractivity contribution in [3.8, 4) is 11.4 Å². The van der Waals surface area contributed by atoms with Crippen LogP contribution in [-0.4, -0.2) is 14.8 Å². The van der Waals surface area contributed by atoms with Crippen molar-refractivity contribution in [3.63, 3.8) is 0 Å². The van der Waals surface area contributed by atoms with E-state index in [2.05, 4.69) is 42.1 Å². The van der Waals surface area contributed by atoms with Gasteiger partial charge in [0, 0.05) is 18.6 Å². The van der Waals surface area contributed by atoms with E-state index in [1.54, 1.807) is 0 Å². The number of pyridine rings is 1. The molecule has 0 saturated carbocycles. The summed E-state index contributed by atoms with van der Waals surface area (Å²) in [6.07, 6.45) is 1.81. The average molecular weight is 251 g/mol. The minimum absolute atomic E-state index is 0.515. The lowest BCUT2D eigenvalue weighted by molar-refractivity contribution is 0.799. The molecule has 19 heavy (non-hydrogen) atoms. The highest BCUT2D eigenvalue weighted by molar-refractivity contribution is 5.92. The third kappa shape index (κ3) is 2.01. The number of nitrogens with zero attached hydrogens (tertiary/aromatic N) is 3. The van der Waals surface area contributed by atoms with Gasteiger partial charge in [-0.15, -0.1) is 0 Å². The first-order chi connectivity index (χ1) is 9.16. The summed E-state index contributed by atoms with van der Waals surface area (Å²) in [6, 6.07) is 12.5. The van der Waals surface area contributed by atoms with Crippen LogP contribution in [0, 0.1) is 0 Å². The highest BCUT2D eigenvalue weighted by Gasteiger charge is 2.12. The van der Waals surface area contributed by atoms with E-state index in [1.807, 2.05) is 36.1 Å². The molecule has 1 aromatic carbocycles. The molecule has 0 aliphatic carbocycles. The molecule has 0 aliphatic heterocycles. The molecule has 0 fully saturated rings. The largest absolute Gasteiger partial charge is 0.267 e. The summed E-state index contributed by atoms with van der Waals surface area (Å²) in [5, 5.41) is 5.79. The zero-order valence-electron chi connectivity index (χ0n) is 11.5. The topological polar surface area (TPSA) is 30.7 Å². The highest BCUT2D eigenvalue weighted by atomic mass is 15.3. The van der Waals surface area contributed by atoms with Crippen LogP contribution in [0.2, 0.25) is 0 Å². The Morgan fingerprint density at radius 3 is 2.63 bits per heavy atom. The number of fused-ring (bicyclic) bond motifs is 1. The van der Waals surface area contributed by atoms with E-state index in [9.17, 15) is 0 Å². The van der Waals surface area contributed by atoms with Crippen LogP contribution in [0.15, 0.2) is 42.6 Å². The summed E-state index contributed by atoms with van der Waals surface area (Å²) in [5.41, 5.74) is 4.36. The molecule has 96 valence electrons. The molecule has 3 heteroatoms. The molecule has 2 aromatic heterocycles. The number of benzene rings is 1. The maximum Gasteiger partial charge on any atom is 0.119 e. The summed E-state index contributed by atoms with van der Waals surface area (Å²) in [5.74, 6) is 0.515. The lowest BCUT2D eigenvalue weighted by Crippen LogP contribution is -1.90. The molecule has 3 aromatic rings. The molecule has 0 unspecified atom stereocenters. The summed E-state index contributed by atoms with van der Waals surface area (Å²) in [7, 11) is 1.98. The second-order valence-corrected chi connectivity index (χ2v) is 5.12. The zero-order chi connectivity index (χ0) is 13.4. The lowest BCUT2D eigenvalue weighted by Gasteiger charge is -2.05. The van der Waals surface area contributed by atoms with Gasteiger partial charge in [0.05, 0.1) is 11.2 Å². The van der Waals surface area contributed by atoms with Gasteiger partial charge < -0.3 is 0 Å². The third-order valence-corrected chi connectivity index (χ3v) is 3.45. The monoisotopic (exact) mass is 251 g/mol. The van der Waals surface area contributed by atoms with Crippen LogP contribution < -0.4 is 0 Å². The van der Waals surface area contributed by atoms with E-state index in [0.717, 1.165) is 16.9 Å². The Morgan fingerprint density at radius 1 is 1.11 bits per heavy atom. The average Bonchev–Trinajstić information content (AvgIpc) is 2.77. The molecule has 0 amide bonds. The first-order valence-electron chi connectivity index (χ1n) is 6.55. The Kier molecular flexibility index (Phi) is 2.82. The second-order valence-electron chi connectivity index (χ2n) is 5.12. The summed E-state index contributed by atoms with van der Waals surface area (Å²) >= 11 is 0. The van der Waals surface area contributed by atoms with E-state index in [4.69, 9.17) is 0 Å². The Labute approximate surface area is 112 Å². The van der Waals surface area contributed by atoms with Gasteiger partial charge in [-0.25, -0.2) is 0 Å². The van der Waals surface area contributed by atoms with E-state index in [-0.39, 0.29) is 0 Å². The van der Waals surface area contributed by atoms with Crippen molar-refractivity contribution in [1.82, 2.24) is 14.8 Å². The normalized spacial score (nSPS) is 11.4. The van der Waals surface area contributed by atoms with Crippen molar-refractivity contribution in [1.29, 1.82) is 0 Å². The highest BCUT2D eigenvalue weighted by Crippen LogP contribution is 2.28. The number of hydrogen-bond acceptors (Lipinski definition) is 2. The number of aromatic nitrogens is 3. The summed E-state index contributed by atoms with van der Waals surface area (Å²) in [4.78, 5) is 4.41. The van der Waals surface area contributed by atoms with Gasteiger partial charge in [-0.1, -0.05) is 26.0 Å². The van der Waals surface area contributed by atoms with Gasteiger partial charge in [0.25, 0.3) is 0 Å².